The number of aliphatic hydroxyl groups excluding tert-OH is 1. The summed E-state index contributed by atoms with van der Waals surface area (Å²) < 4.78 is 19.2. The number of rotatable bonds is 17. The second-order valence-corrected chi connectivity index (χ2v) is 13.1. The standard InChI is InChI=1S/C35H48N4O8/c1-9-28(41)46-32-24(5)35(32)30(23(4)29(42)21(2)17-34(7,45-8)31(43)22(3)25(6)40)39(33(44)47-35)16-11-10-15-38-19-27(37-20-38)26-13-12-14-36-18-26/h12-14,18-23,30-31,43H,9-11,15-17H2,1-8H3/t21?,22?,23-,30+,31+,34-,35?/m0/s1. The van der Waals surface area contributed by atoms with Crippen molar-refractivity contribution in [2.45, 2.75) is 104 Å². The molecule has 3 heterocycles. The van der Waals surface area contributed by atoms with E-state index in [0.717, 1.165) is 17.7 Å². The highest BCUT2D eigenvalue weighted by Gasteiger charge is 2.71. The van der Waals surface area contributed by atoms with Crippen LogP contribution in [-0.4, -0.2) is 85.2 Å². The number of pyridine rings is 1. The zero-order valence-corrected chi connectivity index (χ0v) is 28.7. The minimum absolute atomic E-state index is 0.147. The van der Waals surface area contributed by atoms with Crippen LogP contribution in [0, 0.1) is 17.8 Å². The molecule has 3 unspecified atom stereocenters. The van der Waals surface area contributed by atoms with Gasteiger partial charge in [-0.05, 0) is 52.2 Å². The van der Waals surface area contributed by atoms with Crippen molar-refractivity contribution in [1.29, 1.82) is 0 Å². The normalized spacial score (nSPS) is 22.8. The molecule has 1 N–H and O–H groups in total. The van der Waals surface area contributed by atoms with Crippen molar-refractivity contribution in [3.63, 3.8) is 0 Å². The number of esters is 1. The number of aryl methyl sites for hydroxylation is 1. The van der Waals surface area contributed by atoms with Crippen LogP contribution in [-0.2, 0) is 35.1 Å². The number of unbranched alkanes of at least 4 members (excludes halogenated alkanes) is 1. The lowest BCUT2D eigenvalue weighted by Crippen LogP contribution is -2.51. The molecule has 256 valence electrons. The molecule has 1 amide bonds. The van der Waals surface area contributed by atoms with Crippen LogP contribution >= 0.6 is 0 Å². The molecule has 2 aromatic rings. The molecule has 4 rings (SSSR count). The summed E-state index contributed by atoms with van der Waals surface area (Å²) in [7, 11) is 1.45. The second-order valence-electron chi connectivity index (χ2n) is 13.1. The van der Waals surface area contributed by atoms with Crippen molar-refractivity contribution in [2.24, 2.45) is 17.8 Å². The van der Waals surface area contributed by atoms with Gasteiger partial charge in [-0.25, -0.2) is 9.78 Å². The molecule has 47 heavy (non-hydrogen) atoms. The molecular formula is C35H48N4O8. The topological polar surface area (TPSA) is 150 Å². The fraction of sp³-hybridized carbons (Fsp3) is 0.600. The summed E-state index contributed by atoms with van der Waals surface area (Å²) in [5.41, 5.74) is -0.109. The van der Waals surface area contributed by atoms with E-state index < -0.39 is 53.2 Å². The molecule has 1 spiro atoms. The van der Waals surface area contributed by atoms with Crippen LogP contribution in [0.4, 0.5) is 4.79 Å². The summed E-state index contributed by atoms with van der Waals surface area (Å²) in [6.45, 7) is 12.7. The Kier molecular flexibility index (Phi) is 11.1. The van der Waals surface area contributed by atoms with E-state index in [4.69, 9.17) is 14.2 Å². The number of methoxy groups -OCH3 is 1. The fourth-order valence-corrected chi connectivity index (χ4v) is 6.74. The third kappa shape index (κ3) is 7.18. The minimum Gasteiger partial charge on any atom is -0.428 e. The summed E-state index contributed by atoms with van der Waals surface area (Å²) in [5.74, 6) is -2.52. The van der Waals surface area contributed by atoms with Crippen LogP contribution in [0.1, 0.15) is 74.1 Å². The Morgan fingerprint density at radius 3 is 2.51 bits per heavy atom. The van der Waals surface area contributed by atoms with Crippen molar-refractivity contribution in [2.75, 3.05) is 13.7 Å². The first-order chi connectivity index (χ1) is 22.2. The van der Waals surface area contributed by atoms with Crippen molar-refractivity contribution in [3.05, 3.63) is 48.4 Å². The first-order valence-corrected chi connectivity index (χ1v) is 16.3. The van der Waals surface area contributed by atoms with Crippen LogP contribution < -0.4 is 0 Å². The summed E-state index contributed by atoms with van der Waals surface area (Å²) in [6, 6.07) is 3.08. The summed E-state index contributed by atoms with van der Waals surface area (Å²) in [6.07, 6.45) is 7.14. The van der Waals surface area contributed by atoms with E-state index in [1.54, 1.807) is 65.2 Å². The third-order valence-electron chi connectivity index (χ3n) is 9.89. The Morgan fingerprint density at radius 1 is 1.19 bits per heavy atom. The molecule has 1 saturated heterocycles. The Balaban J connectivity index is 1.49. The number of nitrogens with zero attached hydrogens (tertiary/aromatic N) is 4. The van der Waals surface area contributed by atoms with Gasteiger partial charge in [0, 0.05) is 74.1 Å². The maximum absolute atomic E-state index is 14.1. The second kappa shape index (κ2) is 14.5. The van der Waals surface area contributed by atoms with E-state index in [-0.39, 0.29) is 30.2 Å². The SMILES string of the molecule is CCC(=O)OC1=C(C)C12OC(=O)N(CCCCn1cnc(-c3cccnc3)c1)[C@@H]2[C@@H](C)C(=O)C(C)C[C@](C)(OC)[C@H](O)C(C)C(C)=O. The summed E-state index contributed by atoms with van der Waals surface area (Å²) in [5, 5.41) is 11.0. The average Bonchev–Trinajstić information content (AvgIpc) is 3.37. The van der Waals surface area contributed by atoms with Crippen molar-refractivity contribution < 1.29 is 38.5 Å². The van der Waals surface area contributed by atoms with Gasteiger partial charge in [0.05, 0.1) is 29.8 Å². The highest BCUT2D eigenvalue weighted by molar-refractivity contribution is 5.87. The Bertz CT molecular complexity index is 1510. The van der Waals surface area contributed by atoms with Crippen LogP contribution in [0.2, 0.25) is 0 Å². The lowest BCUT2D eigenvalue weighted by Gasteiger charge is -2.38. The Morgan fingerprint density at radius 2 is 1.89 bits per heavy atom. The highest BCUT2D eigenvalue weighted by atomic mass is 16.6. The van der Waals surface area contributed by atoms with E-state index in [9.17, 15) is 24.3 Å². The molecule has 1 aliphatic carbocycles. The lowest BCUT2D eigenvalue weighted by molar-refractivity contribution is -0.147. The van der Waals surface area contributed by atoms with Crippen LogP contribution in [0.25, 0.3) is 11.3 Å². The number of imidazole rings is 1. The molecule has 0 saturated carbocycles. The number of ether oxygens (including phenoxy) is 3. The zero-order chi connectivity index (χ0) is 34.7. The van der Waals surface area contributed by atoms with Gasteiger partial charge in [0.1, 0.15) is 11.6 Å². The highest BCUT2D eigenvalue weighted by Crippen LogP contribution is 2.57. The van der Waals surface area contributed by atoms with Crippen LogP contribution in [0.15, 0.2) is 48.4 Å². The van der Waals surface area contributed by atoms with Gasteiger partial charge in [-0.15, -0.1) is 0 Å². The van der Waals surface area contributed by atoms with Crippen LogP contribution in [0.5, 0.6) is 0 Å². The van der Waals surface area contributed by atoms with Gasteiger partial charge in [-0.3, -0.25) is 24.3 Å². The summed E-state index contributed by atoms with van der Waals surface area (Å²) in [4.78, 5) is 62.0. The quantitative estimate of drug-likeness (QED) is 0.187. The Labute approximate surface area is 276 Å². The molecule has 0 aromatic carbocycles. The number of aromatic nitrogens is 3. The number of carbonyl (C=O) groups is 4. The van der Waals surface area contributed by atoms with E-state index in [0.29, 0.717) is 25.1 Å². The van der Waals surface area contributed by atoms with Crippen molar-refractivity contribution >= 4 is 23.6 Å². The van der Waals surface area contributed by atoms with Gasteiger partial charge in [0.25, 0.3) is 0 Å². The Hall–Kier alpha value is -3.90. The molecule has 12 nitrogen and oxygen atoms in total. The van der Waals surface area contributed by atoms with Gasteiger partial charge in [0.2, 0.25) is 5.60 Å². The fourth-order valence-electron chi connectivity index (χ4n) is 6.74. The maximum Gasteiger partial charge on any atom is 0.411 e. The molecule has 2 aliphatic rings. The van der Waals surface area contributed by atoms with E-state index >= 15 is 0 Å². The number of carbonyl (C=O) groups excluding carboxylic acids is 4. The molecule has 0 bridgehead atoms. The first-order valence-electron chi connectivity index (χ1n) is 16.3. The van der Waals surface area contributed by atoms with E-state index in [2.05, 4.69) is 9.97 Å². The molecule has 1 fully saturated rings. The maximum atomic E-state index is 14.1. The number of hydrogen-bond donors (Lipinski definition) is 1. The molecular weight excluding hydrogens is 604 g/mol. The van der Waals surface area contributed by atoms with Gasteiger partial charge in [-0.1, -0.05) is 27.7 Å². The van der Waals surface area contributed by atoms with E-state index in [1.165, 1.54) is 14.0 Å². The number of ketones is 2. The van der Waals surface area contributed by atoms with Gasteiger partial charge in [-0.2, -0.15) is 0 Å². The van der Waals surface area contributed by atoms with Gasteiger partial charge < -0.3 is 23.9 Å². The van der Waals surface area contributed by atoms with Crippen molar-refractivity contribution in [3.8, 4) is 11.3 Å². The van der Waals surface area contributed by atoms with Gasteiger partial charge >= 0.3 is 12.1 Å². The minimum atomic E-state index is -1.30. The monoisotopic (exact) mass is 652 g/mol. The largest absolute Gasteiger partial charge is 0.428 e. The smallest absolute Gasteiger partial charge is 0.411 e. The molecule has 7 atom stereocenters. The van der Waals surface area contributed by atoms with Gasteiger partial charge in [0.15, 0.2) is 5.76 Å². The van der Waals surface area contributed by atoms with Crippen molar-refractivity contribution in [1.82, 2.24) is 19.4 Å². The number of hydrogen-bond acceptors (Lipinski definition) is 10. The number of Topliss-reactive ketones (excluding diaryl/α,β-unsaturated/α-hetero) is 2. The summed E-state index contributed by atoms with van der Waals surface area (Å²) >= 11 is 0. The number of amides is 1. The predicted octanol–water partition coefficient (Wildman–Crippen LogP) is 4.75. The third-order valence-corrected chi connectivity index (χ3v) is 9.89. The first kappa shape index (κ1) is 35.9. The van der Waals surface area contributed by atoms with Crippen LogP contribution in [0.3, 0.4) is 0 Å². The molecule has 1 aliphatic heterocycles. The number of aliphatic hydroxyl groups is 1. The lowest BCUT2D eigenvalue weighted by atomic mass is 9.76. The zero-order valence-electron chi connectivity index (χ0n) is 28.7. The molecule has 2 aromatic heterocycles. The predicted molar refractivity (Wildman–Crippen MR) is 173 cm³/mol. The van der Waals surface area contributed by atoms with E-state index in [1.807, 2.05) is 22.9 Å². The molecule has 0 radical (unpaired) electrons. The average molecular weight is 653 g/mol. The molecule has 12 heteroatoms.